The first-order valence-corrected chi connectivity index (χ1v) is 10.7. The van der Waals surface area contributed by atoms with Gasteiger partial charge in [0.25, 0.3) is 5.91 Å². The Morgan fingerprint density at radius 2 is 2.06 bits per heavy atom. The number of rotatable bonds is 7. The first kappa shape index (κ1) is 23.0. The predicted octanol–water partition coefficient (Wildman–Crippen LogP) is 4.34. The van der Waals surface area contributed by atoms with E-state index in [0.29, 0.717) is 10.4 Å². The first-order valence-electron chi connectivity index (χ1n) is 9.92. The maximum atomic E-state index is 13.0. The van der Waals surface area contributed by atoms with Crippen molar-refractivity contribution in [1.82, 2.24) is 15.1 Å². The van der Waals surface area contributed by atoms with Crippen LogP contribution in [0.1, 0.15) is 38.2 Å². The van der Waals surface area contributed by atoms with Gasteiger partial charge in [-0.1, -0.05) is 25.1 Å². The molecule has 5 nitrogen and oxygen atoms in total. The number of nitrogens with one attached hydrogen (secondary N) is 1. The molecule has 3 N–H and O–H groups in total. The topological polar surface area (TPSA) is 72.9 Å². The van der Waals surface area contributed by atoms with Crippen molar-refractivity contribution in [2.24, 2.45) is 12.8 Å². The molecule has 31 heavy (non-hydrogen) atoms. The Bertz CT molecular complexity index is 1050. The fourth-order valence-electron chi connectivity index (χ4n) is 3.55. The Labute approximate surface area is 183 Å². The van der Waals surface area contributed by atoms with Crippen LogP contribution in [-0.2, 0) is 26.1 Å². The molecule has 0 bridgehead atoms. The van der Waals surface area contributed by atoms with E-state index in [-0.39, 0.29) is 18.9 Å². The molecule has 2 heterocycles. The molecular formula is C22H25F3N4OS. The summed E-state index contributed by atoms with van der Waals surface area (Å²) in [5.41, 5.74) is 8.51. The lowest BCUT2D eigenvalue weighted by Crippen LogP contribution is -2.41. The maximum absolute atomic E-state index is 13.0. The zero-order valence-electron chi connectivity index (χ0n) is 17.6. The molecule has 1 amide bonds. The molecule has 0 saturated heterocycles. The summed E-state index contributed by atoms with van der Waals surface area (Å²) in [6.07, 6.45) is -1.65. The lowest BCUT2D eigenvalue weighted by molar-refractivity contribution is -0.137. The van der Waals surface area contributed by atoms with Crippen molar-refractivity contribution >= 4 is 17.2 Å². The van der Waals surface area contributed by atoms with Crippen molar-refractivity contribution in [1.29, 1.82) is 0 Å². The van der Waals surface area contributed by atoms with Gasteiger partial charge in [0.05, 0.1) is 22.3 Å². The summed E-state index contributed by atoms with van der Waals surface area (Å²) in [5, 5.41) is 7.15. The number of benzene rings is 1. The number of nitrogens with two attached hydrogens (primary N) is 1. The van der Waals surface area contributed by atoms with Gasteiger partial charge < -0.3 is 11.1 Å². The van der Waals surface area contributed by atoms with Crippen molar-refractivity contribution in [2.45, 2.75) is 38.9 Å². The highest BCUT2D eigenvalue weighted by atomic mass is 32.1. The summed E-state index contributed by atoms with van der Waals surface area (Å²) >= 11 is 1.41. The number of halogens is 3. The van der Waals surface area contributed by atoms with E-state index >= 15 is 0 Å². The van der Waals surface area contributed by atoms with Crippen LogP contribution >= 0.6 is 11.3 Å². The van der Waals surface area contributed by atoms with Crippen LogP contribution < -0.4 is 11.1 Å². The number of nitrogens with zero attached hydrogens (tertiary/aromatic N) is 2. The largest absolute Gasteiger partial charge is 0.416 e. The summed E-state index contributed by atoms with van der Waals surface area (Å²) < 4.78 is 40.7. The average Bonchev–Trinajstić information content (AvgIpc) is 3.29. The molecule has 2 aromatic heterocycles. The molecule has 0 aliphatic rings. The predicted molar refractivity (Wildman–Crippen MR) is 116 cm³/mol. The lowest BCUT2D eigenvalue weighted by atomic mass is 10.0. The Morgan fingerprint density at radius 3 is 2.65 bits per heavy atom. The zero-order valence-corrected chi connectivity index (χ0v) is 18.4. The zero-order chi connectivity index (χ0) is 22.8. The monoisotopic (exact) mass is 450 g/mol. The molecule has 0 aliphatic heterocycles. The van der Waals surface area contributed by atoms with E-state index < -0.39 is 17.8 Å². The Morgan fingerprint density at radius 1 is 1.32 bits per heavy atom. The van der Waals surface area contributed by atoms with Gasteiger partial charge >= 0.3 is 6.18 Å². The number of hydrogen-bond donors (Lipinski definition) is 2. The average molecular weight is 451 g/mol. The van der Waals surface area contributed by atoms with E-state index in [1.807, 2.05) is 27.0 Å². The quantitative estimate of drug-likeness (QED) is 0.563. The number of aryl methyl sites for hydroxylation is 3. The second kappa shape index (κ2) is 9.23. The molecule has 3 rings (SSSR count). The van der Waals surface area contributed by atoms with Gasteiger partial charge in [0.2, 0.25) is 0 Å². The Hall–Kier alpha value is -2.65. The fraction of sp³-hybridized carbons (Fsp3) is 0.364. The van der Waals surface area contributed by atoms with Gasteiger partial charge in [-0.25, -0.2) is 0 Å². The number of carbonyl (C=O) groups excluding carboxylic acids is 1. The summed E-state index contributed by atoms with van der Waals surface area (Å²) in [5.74, 6) is -0.284. The van der Waals surface area contributed by atoms with Gasteiger partial charge in [0.15, 0.2) is 0 Å². The van der Waals surface area contributed by atoms with Crippen LogP contribution in [0.2, 0.25) is 0 Å². The lowest BCUT2D eigenvalue weighted by Gasteiger charge is -2.17. The van der Waals surface area contributed by atoms with Gasteiger partial charge in [0, 0.05) is 30.1 Å². The molecular weight excluding hydrogens is 425 g/mol. The number of carbonyl (C=O) groups is 1. The minimum atomic E-state index is -4.41. The molecule has 9 heteroatoms. The fourth-order valence-corrected chi connectivity index (χ4v) is 4.55. The molecule has 166 valence electrons. The smallest absolute Gasteiger partial charge is 0.347 e. The molecule has 0 radical (unpaired) electrons. The van der Waals surface area contributed by atoms with Crippen molar-refractivity contribution in [3.8, 4) is 11.3 Å². The van der Waals surface area contributed by atoms with E-state index in [2.05, 4.69) is 10.4 Å². The minimum Gasteiger partial charge on any atom is -0.347 e. The standard InChI is InChI=1S/C22H25F3N4OS/c1-4-18-17(20-13(2)12-27-29(20)3)10-19(31-18)21(30)28-16(11-26)9-14-6-5-7-15(8-14)22(23,24)25/h5-8,10,12,16H,4,9,11,26H2,1-3H3,(H,28,30)/t16-/m0/s1. The molecule has 0 spiro atoms. The summed E-state index contributed by atoms with van der Waals surface area (Å²) in [7, 11) is 1.86. The molecule has 0 unspecified atom stereocenters. The summed E-state index contributed by atoms with van der Waals surface area (Å²) in [6.45, 7) is 4.11. The van der Waals surface area contributed by atoms with E-state index in [1.165, 1.54) is 17.4 Å². The van der Waals surface area contributed by atoms with Crippen LogP contribution in [0.4, 0.5) is 13.2 Å². The van der Waals surface area contributed by atoms with Crippen LogP contribution in [0.5, 0.6) is 0 Å². The highest BCUT2D eigenvalue weighted by Crippen LogP contribution is 2.34. The highest BCUT2D eigenvalue weighted by molar-refractivity contribution is 7.14. The second-order valence-electron chi connectivity index (χ2n) is 7.41. The Kier molecular flexibility index (Phi) is 6.86. The third kappa shape index (κ3) is 5.16. The van der Waals surface area contributed by atoms with Crippen LogP contribution in [-0.4, -0.2) is 28.3 Å². The SMILES string of the molecule is CCc1sc(C(=O)N[C@H](CN)Cc2cccc(C(F)(F)F)c2)cc1-c1c(C)cnn1C. The molecule has 1 atom stereocenters. The summed E-state index contributed by atoms with van der Waals surface area (Å²) in [4.78, 5) is 14.5. The van der Waals surface area contributed by atoms with Gasteiger partial charge in [-0.05, 0) is 43.0 Å². The maximum Gasteiger partial charge on any atom is 0.416 e. The summed E-state index contributed by atoms with van der Waals surface area (Å²) in [6, 6.07) is 6.46. The molecule has 1 aromatic carbocycles. The first-order chi connectivity index (χ1) is 14.6. The third-order valence-corrected chi connectivity index (χ3v) is 6.37. The van der Waals surface area contributed by atoms with Crippen molar-refractivity contribution in [3.05, 3.63) is 63.0 Å². The van der Waals surface area contributed by atoms with E-state index in [4.69, 9.17) is 5.73 Å². The number of hydrogen-bond acceptors (Lipinski definition) is 4. The van der Waals surface area contributed by atoms with Crippen molar-refractivity contribution < 1.29 is 18.0 Å². The third-order valence-electron chi connectivity index (χ3n) is 5.09. The van der Waals surface area contributed by atoms with Gasteiger partial charge in [-0.2, -0.15) is 18.3 Å². The molecule has 0 aliphatic carbocycles. The second-order valence-corrected chi connectivity index (χ2v) is 8.55. The minimum absolute atomic E-state index is 0.113. The Balaban J connectivity index is 1.79. The van der Waals surface area contributed by atoms with Crippen LogP contribution in [0.3, 0.4) is 0 Å². The number of amides is 1. The number of aromatic nitrogens is 2. The number of thiophene rings is 1. The molecule has 0 fully saturated rings. The van der Waals surface area contributed by atoms with Crippen molar-refractivity contribution in [2.75, 3.05) is 6.54 Å². The molecule has 3 aromatic rings. The number of alkyl halides is 3. The van der Waals surface area contributed by atoms with E-state index in [0.717, 1.165) is 40.3 Å². The highest BCUT2D eigenvalue weighted by Gasteiger charge is 2.30. The van der Waals surface area contributed by atoms with Gasteiger partial charge in [-0.15, -0.1) is 11.3 Å². The van der Waals surface area contributed by atoms with Gasteiger partial charge in [0.1, 0.15) is 0 Å². The molecule has 0 saturated carbocycles. The van der Waals surface area contributed by atoms with Crippen molar-refractivity contribution in [3.63, 3.8) is 0 Å². The van der Waals surface area contributed by atoms with Crippen LogP contribution in [0.25, 0.3) is 11.3 Å². The normalized spacial score (nSPS) is 12.7. The van der Waals surface area contributed by atoms with Crippen LogP contribution in [0, 0.1) is 6.92 Å². The van der Waals surface area contributed by atoms with Gasteiger partial charge in [-0.3, -0.25) is 9.48 Å². The van der Waals surface area contributed by atoms with E-state index in [9.17, 15) is 18.0 Å². The van der Waals surface area contributed by atoms with E-state index in [1.54, 1.807) is 16.9 Å². The van der Waals surface area contributed by atoms with Crippen LogP contribution in [0.15, 0.2) is 36.5 Å².